The molecular weight excluding hydrogens is 198 g/mol. The minimum atomic E-state index is -3.39. The molecule has 14 heavy (non-hydrogen) atoms. The Morgan fingerprint density at radius 2 is 1.86 bits per heavy atom. The van der Waals surface area contributed by atoms with Crippen molar-refractivity contribution in [3.05, 3.63) is 41.2 Å². The number of sulfone groups is 1. The summed E-state index contributed by atoms with van der Waals surface area (Å²) in [6, 6.07) is 6.66. The minimum absolute atomic E-state index is 0.228. The Kier molecular flexibility index (Phi) is 3.26. The Morgan fingerprint density at radius 3 is 2.29 bits per heavy atom. The van der Waals surface area contributed by atoms with Crippen LogP contribution in [-0.4, -0.2) is 14.3 Å². The SMILES string of the molecule is [C-]#[N+]CS(=O)(=O)c1ccc(CC)cc1. The fourth-order valence-electron chi connectivity index (χ4n) is 1.09. The molecule has 3 nitrogen and oxygen atoms in total. The number of nitrogens with zero attached hydrogens (tertiary/aromatic N) is 1. The molecule has 0 N–H and O–H groups in total. The van der Waals surface area contributed by atoms with Gasteiger partial charge in [0.15, 0.2) is 0 Å². The molecule has 0 saturated heterocycles. The third-order valence-corrected chi connectivity index (χ3v) is 3.38. The smallest absolute Gasteiger partial charge is 0.299 e. The van der Waals surface area contributed by atoms with Gasteiger partial charge in [-0.2, -0.15) is 0 Å². The van der Waals surface area contributed by atoms with Crippen molar-refractivity contribution in [2.45, 2.75) is 18.2 Å². The highest BCUT2D eigenvalue weighted by Crippen LogP contribution is 2.12. The predicted molar refractivity (Wildman–Crippen MR) is 54.5 cm³/mol. The van der Waals surface area contributed by atoms with E-state index >= 15 is 0 Å². The number of hydrogen-bond acceptors (Lipinski definition) is 2. The van der Waals surface area contributed by atoms with Crippen molar-refractivity contribution in [1.82, 2.24) is 0 Å². The van der Waals surface area contributed by atoms with Crippen molar-refractivity contribution in [1.29, 1.82) is 0 Å². The van der Waals surface area contributed by atoms with Gasteiger partial charge in [0, 0.05) is 0 Å². The van der Waals surface area contributed by atoms with Gasteiger partial charge in [0.05, 0.1) is 4.90 Å². The molecule has 0 amide bonds. The second-order valence-corrected chi connectivity index (χ2v) is 4.86. The summed E-state index contributed by atoms with van der Waals surface area (Å²) in [6.45, 7) is 8.53. The van der Waals surface area contributed by atoms with Gasteiger partial charge in [0.25, 0.3) is 9.84 Å². The van der Waals surface area contributed by atoms with Gasteiger partial charge in [-0.3, -0.25) is 4.85 Å². The van der Waals surface area contributed by atoms with E-state index in [-0.39, 0.29) is 4.90 Å². The maximum atomic E-state index is 11.4. The molecule has 1 rings (SSSR count). The van der Waals surface area contributed by atoms with Crippen LogP contribution in [0.1, 0.15) is 12.5 Å². The molecule has 0 bridgehead atoms. The van der Waals surface area contributed by atoms with E-state index in [1.165, 1.54) is 0 Å². The van der Waals surface area contributed by atoms with Crippen LogP contribution in [0.5, 0.6) is 0 Å². The topological polar surface area (TPSA) is 38.5 Å². The molecule has 0 aromatic heterocycles. The standard InChI is InChI=1S/C10H11NO2S/c1-3-9-4-6-10(7-5-9)14(12,13)8-11-2/h4-7H,3,8H2,1H3. The quantitative estimate of drug-likeness (QED) is 0.713. The Labute approximate surface area is 84.1 Å². The van der Waals surface area contributed by atoms with Crippen LogP contribution < -0.4 is 0 Å². The minimum Gasteiger partial charge on any atom is -0.299 e. The van der Waals surface area contributed by atoms with E-state index in [1.807, 2.05) is 6.92 Å². The lowest BCUT2D eigenvalue weighted by Gasteiger charge is -1.99. The zero-order valence-electron chi connectivity index (χ0n) is 7.90. The average Bonchev–Trinajstić information content (AvgIpc) is 2.18. The summed E-state index contributed by atoms with van der Waals surface area (Å²) >= 11 is 0. The van der Waals surface area contributed by atoms with E-state index in [1.54, 1.807) is 24.3 Å². The van der Waals surface area contributed by atoms with E-state index in [4.69, 9.17) is 6.57 Å². The second-order valence-electron chi connectivity index (χ2n) is 2.90. The lowest BCUT2D eigenvalue weighted by molar-refractivity contribution is 0.599. The van der Waals surface area contributed by atoms with Crippen molar-refractivity contribution in [3.63, 3.8) is 0 Å². The zero-order chi connectivity index (χ0) is 10.6. The molecule has 0 aliphatic rings. The first-order chi connectivity index (χ1) is 6.60. The highest BCUT2D eigenvalue weighted by Gasteiger charge is 2.16. The lowest BCUT2D eigenvalue weighted by atomic mass is 10.2. The van der Waals surface area contributed by atoms with Crippen LogP contribution in [0.2, 0.25) is 0 Å². The first-order valence-corrected chi connectivity index (χ1v) is 5.90. The molecule has 0 aliphatic heterocycles. The van der Waals surface area contributed by atoms with Crippen LogP contribution in [0.15, 0.2) is 29.2 Å². The van der Waals surface area contributed by atoms with E-state index in [2.05, 4.69) is 4.85 Å². The van der Waals surface area contributed by atoms with Gasteiger partial charge in [-0.05, 0) is 24.1 Å². The first-order valence-electron chi connectivity index (χ1n) is 4.25. The molecule has 4 heteroatoms. The molecule has 0 aliphatic carbocycles. The Hall–Kier alpha value is -1.34. The van der Waals surface area contributed by atoms with Crippen LogP contribution >= 0.6 is 0 Å². The molecule has 0 atom stereocenters. The van der Waals surface area contributed by atoms with Crippen LogP contribution in [-0.2, 0) is 16.3 Å². The molecule has 0 fully saturated rings. The van der Waals surface area contributed by atoms with Crippen molar-refractivity contribution in [2.24, 2.45) is 0 Å². The monoisotopic (exact) mass is 209 g/mol. The van der Waals surface area contributed by atoms with Gasteiger partial charge in [-0.25, -0.2) is 15.0 Å². The second kappa shape index (κ2) is 4.25. The highest BCUT2D eigenvalue weighted by molar-refractivity contribution is 7.91. The third-order valence-electron chi connectivity index (χ3n) is 1.93. The molecule has 0 spiro atoms. The molecule has 0 heterocycles. The summed E-state index contributed by atoms with van der Waals surface area (Å²) < 4.78 is 22.8. The number of aryl methyl sites for hydroxylation is 1. The molecular formula is C10H11NO2S. The summed E-state index contributed by atoms with van der Waals surface area (Å²) in [4.78, 5) is 3.12. The van der Waals surface area contributed by atoms with Gasteiger partial charge in [-0.15, -0.1) is 0 Å². The van der Waals surface area contributed by atoms with Crippen molar-refractivity contribution in [3.8, 4) is 0 Å². The molecule has 0 saturated carbocycles. The molecule has 1 aromatic carbocycles. The molecule has 0 unspecified atom stereocenters. The Morgan fingerprint density at radius 1 is 1.29 bits per heavy atom. The van der Waals surface area contributed by atoms with Crippen LogP contribution in [0.25, 0.3) is 4.85 Å². The van der Waals surface area contributed by atoms with Crippen LogP contribution in [0.3, 0.4) is 0 Å². The maximum absolute atomic E-state index is 11.4. The van der Waals surface area contributed by atoms with Gasteiger partial charge in [0.2, 0.25) is 0 Å². The third kappa shape index (κ3) is 2.33. The summed E-state index contributed by atoms with van der Waals surface area (Å²) in [7, 11) is -3.39. The van der Waals surface area contributed by atoms with Gasteiger partial charge >= 0.3 is 5.88 Å². The fraction of sp³-hybridized carbons (Fsp3) is 0.300. The largest absolute Gasteiger partial charge is 0.316 e. The Balaban J connectivity index is 3.05. The van der Waals surface area contributed by atoms with Crippen molar-refractivity contribution < 1.29 is 8.42 Å². The molecule has 74 valence electrons. The zero-order valence-corrected chi connectivity index (χ0v) is 8.71. The summed E-state index contributed by atoms with van der Waals surface area (Å²) in [6.07, 6.45) is 0.878. The lowest BCUT2D eigenvalue weighted by Crippen LogP contribution is -2.03. The number of rotatable bonds is 3. The highest BCUT2D eigenvalue weighted by atomic mass is 32.2. The van der Waals surface area contributed by atoms with Gasteiger partial charge < -0.3 is 0 Å². The summed E-state index contributed by atoms with van der Waals surface area (Å²) in [5.74, 6) is -0.474. The van der Waals surface area contributed by atoms with Crippen LogP contribution in [0.4, 0.5) is 0 Å². The maximum Gasteiger partial charge on any atom is 0.316 e. The molecule has 1 aromatic rings. The first kappa shape index (κ1) is 10.7. The van der Waals surface area contributed by atoms with Crippen LogP contribution in [0, 0.1) is 6.57 Å². The van der Waals surface area contributed by atoms with E-state index in [0.29, 0.717) is 0 Å². The van der Waals surface area contributed by atoms with Crippen molar-refractivity contribution in [2.75, 3.05) is 5.88 Å². The summed E-state index contributed by atoms with van der Waals surface area (Å²) in [5, 5.41) is 0. The summed E-state index contributed by atoms with van der Waals surface area (Å²) in [5.41, 5.74) is 1.09. The van der Waals surface area contributed by atoms with E-state index in [0.717, 1.165) is 12.0 Å². The fourth-order valence-corrected chi connectivity index (χ4v) is 1.96. The normalized spacial score (nSPS) is 10.9. The molecule has 0 radical (unpaired) electrons. The van der Waals surface area contributed by atoms with Gasteiger partial charge in [0.1, 0.15) is 0 Å². The van der Waals surface area contributed by atoms with Gasteiger partial charge in [-0.1, -0.05) is 19.1 Å². The average molecular weight is 209 g/mol. The van der Waals surface area contributed by atoms with E-state index in [9.17, 15) is 8.42 Å². The Bertz CT molecular complexity index is 440. The number of hydrogen-bond donors (Lipinski definition) is 0. The van der Waals surface area contributed by atoms with E-state index < -0.39 is 15.7 Å². The predicted octanol–water partition coefficient (Wildman–Crippen LogP) is 1.90. The number of benzene rings is 1. The van der Waals surface area contributed by atoms with Crippen molar-refractivity contribution >= 4 is 9.84 Å².